The van der Waals surface area contributed by atoms with Crippen molar-refractivity contribution in [3.05, 3.63) is 22.4 Å². The van der Waals surface area contributed by atoms with Gasteiger partial charge in [0.15, 0.2) is 0 Å². The summed E-state index contributed by atoms with van der Waals surface area (Å²) < 4.78 is 0. The summed E-state index contributed by atoms with van der Waals surface area (Å²) in [5.74, 6) is 0. The lowest BCUT2D eigenvalue weighted by molar-refractivity contribution is 0.0943. The van der Waals surface area contributed by atoms with Gasteiger partial charge in [-0.1, -0.05) is 18.9 Å². The Bertz CT molecular complexity index is 367. The molecule has 1 fully saturated rings. The molecule has 0 saturated heterocycles. The van der Waals surface area contributed by atoms with Crippen LogP contribution < -0.4 is 10.6 Å². The number of carbonyl (C=O) groups excluding carboxylic acids is 1. The molecule has 0 unspecified atom stereocenters. The van der Waals surface area contributed by atoms with Crippen molar-refractivity contribution >= 4 is 17.4 Å². The van der Waals surface area contributed by atoms with Crippen molar-refractivity contribution in [2.24, 2.45) is 0 Å². The molecule has 0 aromatic carbocycles. The molecule has 1 aromatic rings. The number of hydrogen-bond acceptors (Lipinski definition) is 3. The van der Waals surface area contributed by atoms with Crippen molar-refractivity contribution in [2.45, 2.75) is 44.2 Å². The van der Waals surface area contributed by atoms with Gasteiger partial charge >= 0.3 is 6.03 Å². The monoisotopic (exact) mass is 268 g/mol. The van der Waals surface area contributed by atoms with E-state index in [0.29, 0.717) is 6.54 Å². The summed E-state index contributed by atoms with van der Waals surface area (Å²) in [6, 6.07) is 3.83. The molecule has 4 nitrogen and oxygen atoms in total. The fraction of sp³-hybridized carbons (Fsp3) is 0.615. The maximum absolute atomic E-state index is 11.7. The van der Waals surface area contributed by atoms with Gasteiger partial charge in [-0.15, -0.1) is 11.3 Å². The standard InChI is InChI=1S/C13H20N2O2S/c16-12-6-2-1-5-11(12)15-13(17)14-8-7-10-4-3-9-18-10/h3-4,9,11-12,16H,1-2,5-8H2,(H2,14,15,17)/t11-,12+/m0/s1. The van der Waals surface area contributed by atoms with E-state index in [1.54, 1.807) is 11.3 Å². The Kier molecular flexibility index (Phi) is 5.01. The lowest BCUT2D eigenvalue weighted by Gasteiger charge is -2.28. The predicted molar refractivity (Wildman–Crippen MR) is 72.8 cm³/mol. The second-order valence-corrected chi connectivity index (χ2v) is 5.72. The van der Waals surface area contributed by atoms with Crippen LogP contribution in [0, 0.1) is 0 Å². The van der Waals surface area contributed by atoms with Gasteiger partial charge in [0.05, 0.1) is 12.1 Å². The van der Waals surface area contributed by atoms with Crippen LogP contribution in [0.15, 0.2) is 17.5 Å². The molecule has 1 aliphatic carbocycles. The van der Waals surface area contributed by atoms with Crippen molar-refractivity contribution in [3.8, 4) is 0 Å². The quantitative estimate of drug-likeness (QED) is 0.781. The number of thiophene rings is 1. The number of aliphatic hydroxyl groups excluding tert-OH is 1. The van der Waals surface area contributed by atoms with E-state index < -0.39 is 0 Å². The van der Waals surface area contributed by atoms with Gasteiger partial charge < -0.3 is 15.7 Å². The van der Waals surface area contributed by atoms with Crippen molar-refractivity contribution in [1.82, 2.24) is 10.6 Å². The summed E-state index contributed by atoms with van der Waals surface area (Å²) in [7, 11) is 0. The van der Waals surface area contributed by atoms with E-state index in [0.717, 1.165) is 32.1 Å². The topological polar surface area (TPSA) is 61.4 Å². The molecule has 1 saturated carbocycles. The number of nitrogens with one attached hydrogen (secondary N) is 2. The van der Waals surface area contributed by atoms with Gasteiger partial charge in [-0.2, -0.15) is 0 Å². The van der Waals surface area contributed by atoms with Gasteiger partial charge in [0.1, 0.15) is 0 Å². The Hall–Kier alpha value is -1.07. The van der Waals surface area contributed by atoms with Gasteiger partial charge in [0.2, 0.25) is 0 Å². The average Bonchev–Trinajstić information content (AvgIpc) is 2.85. The van der Waals surface area contributed by atoms with E-state index in [-0.39, 0.29) is 18.2 Å². The highest BCUT2D eigenvalue weighted by atomic mass is 32.1. The second-order valence-electron chi connectivity index (χ2n) is 4.69. The first-order valence-electron chi connectivity index (χ1n) is 6.50. The minimum Gasteiger partial charge on any atom is -0.391 e. The van der Waals surface area contributed by atoms with Crippen molar-refractivity contribution < 1.29 is 9.90 Å². The summed E-state index contributed by atoms with van der Waals surface area (Å²) in [4.78, 5) is 12.9. The molecule has 0 radical (unpaired) electrons. The third-order valence-electron chi connectivity index (χ3n) is 3.28. The fourth-order valence-corrected chi connectivity index (χ4v) is 2.96. The van der Waals surface area contributed by atoms with Gasteiger partial charge in [-0.05, 0) is 30.7 Å². The smallest absolute Gasteiger partial charge is 0.315 e. The Morgan fingerprint density at radius 2 is 2.28 bits per heavy atom. The van der Waals surface area contributed by atoms with Crippen LogP contribution >= 0.6 is 11.3 Å². The molecular formula is C13H20N2O2S. The minimum absolute atomic E-state index is 0.0829. The highest BCUT2D eigenvalue weighted by molar-refractivity contribution is 7.09. The third kappa shape index (κ3) is 3.99. The van der Waals surface area contributed by atoms with E-state index in [9.17, 15) is 9.90 Å². The summed E-state index contributed by atoms with van der Waals surface area (Å²) in [5.41, 5.74) is 0. The van der Waals surface area contributed by atoms with Gasteiger partial charge in [0.25, 0.3) is 0 Å². The van der Waals surface area contributed by atoms with Crippen molar-refractivity contribution in [1.29, 1.82) is 0 Å². The Morgan fingerprint density at radius 3 is 3.00 bits per heavy atom. The van der Waals surface area contributed by atoms with E-state index in [2.05, 4.69) is 16.7 Å². The third-order valence-corrected chi connectivity index (χ3v) is 4.22. The molecule has 3 N–H and O–H groups in total. The highest BCUT2D eigenvalue weighted by Gasteiger charge is 2.24. The summed E-state index contributed by atoms with van der Waals surface area (Å²) in [5, 5.41) is 17.5. The molecule has 1 aromatic heterocycles. The molecule has 1 aliphatic rings. The Morgan fingerprint density at radius 1 is 1.44 bits per heavy atom. The van der Waals surface area contributed by atoms with Gasteiger partial charge in [0, 0.05) is 11.4 Å². The van der Waals surface area contributed by atoms with Crippen LogP contribution in [0.1, 0.15) is 30.6 Å². The minimum atomic E-state index is -0.387. The largest absolute Gasteiger partial charge is 0.391 e. The first-order valence-corrected chi connectivity index (χ1v) is 7.38. The second kappa shape index (κ2) is 6.75. The van der Waals surface area contributed by atoms with Crippen LogP contribution in [0.5, 0.6) is 0 Å². The average molecular weight is 268 g/mol. The lowest BCUT2D eigenvalue weighted by Crippen LogP contribution is -2.49. The summed E-state index contributed by atoms with van der Waals surface area (Å²) in [6.45, 7) is 0.634. The number of carbonyl (C=O) groups is 1. The van der Waals surface area contributed by atoms with Gasteiger partial charge in [-0.3, -0.25) is 0 Å². The summed E-state index contributed by atoms with van der Waals surface area (Å²) in [6.07, 6.45) is 4.27. The van der Waals surface area contributed by atoms with Crippen LogP contribution in [0.4, 0.5) is 4.79 Å². The molecule has 5 heteroatoms. The van der Waals surface area contributed by atoms with Crippen molar-refractivity contribution in [3.63, 3.8) is 0 Å². The zero-order chi connectivity index (χ0) is 12.8. The van der Waals surface area contributed by atoms with E-state index in [4.69, 9.17) is 0 Å². The number of rotatable bonds is 4. The van der Waals surface area contributed by atoms with E-state index in [1.165, 1.54) is 4.88 Å². The van der Waals surface area contributed by atoms with Crippen LogP contribution in [0.25, 0.3) is 0 Å². The number of aliphatic hydroxyl groups is 1. The van der Waals surface area contributed by atoms with Crippen LogP contribution in [0.2, 0.25) is 0 Å². The molecule has 18 heavy (non-hydrogen) atoms. The van der Waals surface area contributed by atoms with Crippen molar-refractivity contribution in [2.75, 3.05) is 6.54 Å². The molecule has 0 aliphatic heterocycles. The zero-order valence-electron chi connectivity index (χ0n) is 10.4. The SMILES string of the molecule is O=C(NCCc1cccs1)N[C@H]1CCCC[C@H]1O. The summed E-state index contributed by atoms with van der Waals surface area (Å²) >= 11 is 1.70. The highest BCUT2D eigenvalue weighted by Crippen LogP contribution is 2.18. The predicted octanol–water partition coefficient (Wildman–Crippen LogP) is 1.89. The van der Waals surface area contributed by atoms with E-state index in [1.807, 2.05) is 11.4 Å². The maximum atomic E-state index is 11.7. The lowest BCUT2D eigenvalue weighted by atomic mass is 9.93. The first-order chi connectivity index (χ1) is 8.75. The van der Waals surface area contributed by atoms with E-state index >= 15 is 0 Å². The molecule has 100 valence electrons. The first kappa shape index (κ1) is 13.4. The number of amides is 2. The van der Waals surface area contributed by atoms with Crippen LogP contribution in [-0.2, 0) is 6.42 Å². The number of urea groups is 1. The normalized spacial score (nSPS) is 23.6. The van der Waals surface area contributed by atoms with Crippen LogP contribution in [0.3, 0.4) is 0 Å². The Balaban J connectivity index is 1.65. The molecule has 0 bridgehead atoms. The maximum Gasteiger partial charge on any atom is 0.315 e. The molecular weight excluding hydrogens is 248 g/mol. The Labute approximate surface area is 111 Å². The molecule has 0 spiro atoms. The molecule has 1 heterocycles. The molecule has 2 rings (SSSR count). The van der Waals surface area contributed by atoms with Crippen LogP contribution in [-0.4, -0.2) is 29.8 Å². The zero-order valence-corrected chi connectivity index (χ0v) is 11.2. The van der Waals surface area contributed by atoms with Gasteiger partial charge in [-0.25, -0.2) is 4.79 Å². The number of hydrogen-bond donors (Lipinski definition) is 3. The molecule has 2 atom stereocenters. The molecule has 2 amide bonds. The fourth-order valence-electron chi connectivity index (χ4n) is 2.25.